The van der Waals surface area contributed by atoms with Gasteiger partial charge in [0, 0.05) is 37.5 Å². The van der Waals surface area contributed by atoms with Gasteiger partial charge in [-0.15, -0.1) is 0 Å². The second-order valence-corrected chi connectivity index (χ2v) is 25.6. The molecule has 0 saturated heterocycles. The van der Waals surface area contributed by atoms with Gasteiger partial charge in [0.1, 0.15) is 36.3 Å². The SMILES string of the molecule is [N-]=[N+]=NCCOCCOCCOCCOCCOCCOCCOCCOCCOCCC(=O)N[C@@H](CC1CCCCC1)C(=O)N[C@H](CCCN=C(N)N)C(=O)N[C@@H](CC1CCCCC1)C(=O)N[C@H](CCCN=C(N)N)C(=O)N[C@@H](CC1CCCCC1)C(=O)N[C@H](CCCN=C(N)N)C(N)=O. The zero-order valence-electron chi connectivity index (χ0n) is 59.7. The van der Waals surface area contributed by atoms with Gasteiger partial charge in [-0.3, -0.25) is 48.5 Å². The summed E-state index contributed by atoms with van der Waals surface area (Å²) in [7, 11) is 0. The van der Waals surface area contributed by atoms with Crippen LogP contribution in [0.2, 0.25) is 0 Å². The Hall–Kier alpha value is -6.95. The van der Waals surface area contributed by atoms with Gasteiger partial charge in [-0.05, 0) is 81.1 Å². The highest BCUT2D eigenvalue weighted by Gasteiger charge is 2.36. The molecule has 0 aliphatic heterocycles. The average Bonchev–Trinajstić information content (AvgIpc) is 0.871. The van der Waals surface area contributed by atoms with Crippen LogP contribution in [0.5, 0.6) is 0 Å². The molecule has 578 valence electrons. The molecule has 0 aromatic heterocycles. The lowest BCUT2D eigenvalue weighted by Gasteiger charge is -2.31. The molecule has 3 saturated carbocycles. The Morgan fingerprint density at radius 2 is 0.594 bits per heavy atom. The molecule has 6 atom stereocenters. The zero-order chi connectivity index (χ0) is 73.3. The fraction of sp³-hybridized carbons (Fsp3) is 0.848. The molecule has 3 aliphatic carbocycles. The lowest BCUT2D eigenvalue weighted by molar-refractivity contribution is -0.136. The number of nitrogens with zero attached hydrogens (tertiary/aromatic N) is 6. The third kappa shape index (κ3) is 45.6. The van der Waals surface area contributed by atoms with Crippen LogP contribution < -0.4 is 72.0 Å². The summed E-state index contributed by atoms with van der Waals surface area (Å²) in [6.07, 6.45) is 15.6. The third-order valence-corrected chi connectivity index (χ3v) is 17.4. The topological polar surface area (TPSA) is 543 Å². The van der Waals surface area contributed by atoms with E-state index >= 15 is 0 Å². The fourth-order valence-corrected chi connectivity index (χ4v) is 12.1. The molecular weight excluding hydrogens is 1310 g/mol. The predicted octanol–water partition coefficient (Wildman–Crippen LogP) is 0.302. The summed E-state index contributed by atoms with van der Waals surface area (Å²) < 4.78 is 49.6. The van der Waals surface area contributed by atoms with Crippen LogP contribution in [0.25, 0.3) is 10.4 Å². The second kappa shape index (κ2) is 57.5. The highest BCUT2D eigenvalue weighted by Crippen LogP contribution is 2.30. The van der Waals surface area contributed by atoms with E-state index in [1.54, 1.807) is 0 Å². The predicted molar refractivity (Wildman–Crippen MR) is 380 cm³/mol. The first kappa shape index (κ1) is 88.3. The van der Waals surface area contributed by atoms with Crippen LogP contribution in [-0.2, 0) is 76.2 Å². The normalized spacial score (nSPS) is 16.2. The number of carbonyl (C=O) groups excluding carboxylic acids is 7. The van der Waals surface area contributed by atoms with Crippen molar-refractivity contribution in [1.29, 1.82) is 0 Å². The number of rotatable bonds is 60. The van der Waals surface area contributed by atoms with E-state index in [9.17, 15) is 33.6 Å². The number of aliphatic imine (C=N–C) groups is 3. The van der Waals surface area contributed by atoms with Gasteiger partial charge in [-0.25, -0.2) is 0 Å². The van der Waals surface area contributed by atoms with Gasteiger partial charge in [-0.2, -0.15) is 0 Å². The largest absolute Gasteiger partial charge is 0.379 e. The van der Waals surface area contributed by atoms with E-state index in [4.69, 9.17) is 88.3 Å². The molecule has 0 aromatic rings. The first-order valence-electron chi connectivity index (χ1n) is 36.4. The quantitative estimate of drug-likeness (QED) is 0.00973. The number of ether oxygens (including phenoxy) is 9. The third-order valence-electron chi connectivity index (χ3n) is 17.4. The average molecular weight is 1440 g/mol. The molecule has 0 radical (unpaired) electrons. The standard InChI is InChI=1S/C66H123N19O16/c67-58(87)51(19-10-23-75-64(68)69)80-62(91)55(46-49-15-6-2-7-16-49)83-60(89)53(21-12-25-77-66(72)73)82-63(92)56(47-50-17-8-3-9-18-50)84-59(88)52(20-11-24-76-65(70)71)81-61(90)54(45-48-13-4-1-5-14-48)79-57(86)22-27-93-29-31-95-33-35-97-37-39-99-41-43-101-44-42-100-40-38-98-36-34-96-32-30-94-28-26-78-85-74/h48-56H,1-47H2,(H2,67,87)(H,79,86)(H,80,91)(H,81,90)(H,82,92)(H,83,89)(H,84,88)(H4,68,69,75)(H4,70,71,76)(H4,72,73,77)/t51-,52-,53-,54+,55+,56+/m1/s1. The molecule has 3 rings (SSSR count). The molecule has 101 heavy (non-hydrogen) atoms. The van der Waals surface area contributed by atoms with E-state index < -0.39 is 77.6 Å². The minimum Gasteiger partial charge on any atom is -0.379 e. The van der Waals surface area contributed by atoms with E-state index in [0.717, 1.165) is 96.3 Å². The number of amides is 7. The maximum Gasteiger partial charge on any atom is 0.243 e. The Morgan fingerprint density at radius 1 is 0.337 bits per heavy atom. The van der Waals surface area contributed by atoms with Crippen LogP contribution >= 0.6 is 0 Å². The van der Waals surface area contributed by atoms with E-state index in [2.05, 4.69) is 56.9 Å². The van der Waals surface area contributed by atoms with Crippen LogP contribution in [0, 0.1) is 17.8 Å². The van der Waals surface area contributed by atoms with E-state index in [1.807, 2.05) is 0 Å². The first-order chi connectivity index (χ1) is 48.9. The number of hydrogen-bond donors (Lipinski definition) is 13. The van der Waals surface area contributed by atoms with Crippen molar-refractivity contribution in [3.8, 4) is 0 Å². The molecule has 7 amide bonds. The van der Waals surface area contributed by atoms with Gasteiger partial charge >= 0.3 is 0 Å². The van der Waals surface area contributed by atoms with Crippen LogP contribution in [0.15, 0.2) is 20.1 Å². The number of primary amides is 1. The maximum atomic E-state index is 14.9. The summed E-state index contributed by atoms with van der Waals surface area (Å²) in [5.74, 6) is -4.62. The summed E-state index contributed by atoms with van der Waals surface area (Å²) in [6, 6.07) is -6.90. The summed E-state index contributed by atoms with van der Waals surface area (Å²) in [5.41, 5.74) is 47.6. The molecular formula is C66H123N19O16. The van der Waals surface area contributed by atoms with Crippen LogP contribution in [0.1, 0.15) is 161 Å². The monoisotopic (exact) mass is 1440 g/mol. The van der Waals surface area contributed by atoms with Crippen molar-refractivity contribution in [2.45, 2.75) is 197 Å². The Labute approximate surface area is 595 Å². The van der Waals surface area contributed by atoms with E-state index in [1.165, 1.54) is 0 Å². The lowest BCUT2D eigenvalue weighted by Crippen LogP contribution is -2.60. The minimum atomic E-state index is -1.26. The molecule has 0 heterocycles. The molecule has 0 aromatic carbocycles. The number of carbonyl (C=O) groups is 7. The highest BCUT2D eigenvalue weighted by atomic mass is 16.6. The molecule has 0 spiro atoms. The molecule has 3 fully saturated rings. The molecule has 20 N–H and O–H groups in total. The molecule has 35 nitrogen and oxygen atoms in total. The van der Waals surface area contributed by atoms with Crippen LogP contribution in [0.3, 0.4) is 0 Å². The summed E-state index contributed by atoms with van der Waals surface area (Å²) in [6.45, 7) is 7.33. The van der Waals surface area contributed by atoms with Gasteiger partial charge in [0.05, 0.1) is 119 Å². The molecule has 3 aliphatic rings. The Bertz CT molecular complexity index is 2440. The van der Waals surface area contributed by atoms with Gasteiger partial charge in [-0.1, -0.05) is 101 Å². The number of azide groups is 1. The summed E-state index contributed by atoms with van der Waals surface area (Å²) in [5, 5.41) is 20.7. The second-order valence-electron chi connectivity index (χ2n) is 25.6. The number of nitrogens with one attached hydrogen (secondary N) is 6. The first-order valence-corrected chi connectivity index (χ1v) is 36.4. The van der Waals surface area contributed by atoms with Crippen molar-refractivity contribution < 1.29 is 76.2 Å². The van der Waals surface area contributed by atoms with Crippen molar-refractivity contribution in [2.24, 2.45) is 78.0 Å². The lowest BCUT2D eigenvalue weighted by atomic mass is 9.84. The molecule has 0 unspecified atom stereocenters. The maximum absolute atomic E-state index is 14.9. The van der Waals surface area contributed by atoms with Crippen LogP contribution in [-0.4, -0.2) is 241 Å². The Morgan fingerprint density at radius 3 is 0.891 bits per heavy atom. The zero-order valence-corrected chi connectivity index (χ0v) is 59.7. The smallest absolute Gasteiger partial charge is 0.243 e. The van der Waals surface area contributed by atoms with Crippen molar-refractivity contribution in [1.82, 2.24) is 31.9 Å². The molecule has 35 heteroatoms. The molecule has 0 bridgehead atoms. The number of hydrogen-bond acceptors (Lipinski definition) is 20. The number of guanidine groups is 3. The van der Waals surface area contributed by atoms with Crippen LogP contribution in [0.4, 0.5) is 0 Å². The Kier molecular flexibility index (Phi) is 50.3. The van der Waals surface area contributed by atoms with Gasteiger partial charge in [0.25, 0.3) is 0 Å². The van der Waals surface area contributed by atoms with Crippen molar-refractivity contribution in [2.75, 3.05) is 145 Å². The van der Waals surface area contributed by atoms with Gasteiger partial charge in [0.15, 0.2) is 17.9 Å². The van der Waals surface area contributed by atoms with Crippen molar-refractivity contribution in [3.63, 3.8) is 0 Å². The van der Waals surface area contributed by atoms with E-state index in [-0.39, 0.29) is 126 Å². The van der Waals surface area contributed by atoms with E-state index in [0.29, 0.717) is 118 Å². The van der Waals surface area contributed by atoms with Gasteiger partial charge in [0.2, 0.25) is 41.4 Å². The highest BCUT2D eigenvalue weighted by molar-refractivity contribution is 5.97. The van der Waals surface area contributed by atoms with Gasteiger partial charge < -0.3 is 115 Å². The van der Waals surface area contributed by atoms with Crippen molar-refractivity contribution in [3.05, 3.63) is 10.4 Å². The minimum absolute atomic E-state index is 0.0245. The fourth-order valence-electron chi connectivity index (χ4n) is 12.1. The van der Waals surface area contributed by atoms with Crippen molar-refractivity contribution >= 4 is 59.2 Å². The number of nitrogens with two attached hydrogens (primary N) is 7. The Balaban J connectivity index is 1.59. The summed E-state index contributed by atoms with van der Waals surface area (Å²) in [4.78, 5) is 114. The summed E-state index contributed by atoms with van der Waals surface area (Å²) >= 11 is 0.